The molecule has 0 saturated carbocycles. The van der Waals surface area contributed by atoms with Crippen molar-refractivity contribution in [1.82, 2.24) is 9.55 Å². The van der Waals surface area contributed by atoms with E-state index in [9.17, 15) is 9.90 Å². The quantitative estimate of drug-likeness (QED) is 0.136. The molecule has 0 amide bonds. The minimum absolute atomic E-state index is 0.238. The van der Waals surface area contributed by atoms with Crippen molar-refractivity contribution in [2.45, 2.75) is 0 Å². The first-order chi connectivity index (χ1) is 25.7. The van der Waals surface area contributed by atoms with Gasteiger partial charge in [0.1, 0.15) is 5.82 Å². The predicted molar refractivity (Wildman–Crippen MR) is 213 cm³/mol. The second-order valence-electron chi connectivity index (χ2n) is 12.8. The molecule has 0 spiro atoms. The average Bonchev–Trinajstić information content (AvgIpc) is 3.62. The number of benzene rings is 8. The lowest BCUT2D eigenvalue weighted by atomic mass is 9.85. The number of carbonyl (C=O) groups is 1. The van der Waals surface area contributed by atoms with Gasteiger partial charge in [-0.15, -0.1) is 0 Å². The predicted octanol–water partition coefficient (Wildman–Crippen LogP) is 11.7. The van der Waals surface area contributed by atoms with E-state index in [1.807, 2.05) is 12.1 Å². The highest BCUT2D eigenvalue weighted by Gasteiger charge is 2.21. The molecule has 1 aromatic heterocycles. The third-order valence-electron chi connectivity index (χ3n) is 9.77. The number of aromatic nitrogens is 2. The zero-order chi connectivity index (χ0) is 35.0. The summed E-state index contributed by atoms with van der Waals surface area (Å²) >= 11 is 0. The van der Waals surface area contributed by atoms with Crippen LogP contribution in [0.3, 0.4) is 0 Å². The van der Waals surface area contributed by atoms with Gasteiger partial charge >= 0.3 is 5.97 Å². The van der Waals surface area contributed by atoms with Crippen molar-refractivity contribution in [3.63, 3.8) is 0 Å². The molecule has 52 heavy (non-hydrogen) atoms. The molecule has 0 bridgehead atoms. The Labute approximate surface area is 301 Å². The summed E-state index contributed by atoms with van der Waals surface area (Å²) in [5, 5.41) is 14.1. The zero-order valence-corrected chi connectivity index (χ0v) is 28.1. The van der Waals surface area contributed by atoms with Gasteiger partial charge < -0.3 is 5.11 Å². The molecule has 0 radical (unpaired) electrons. The number of hydrogen-bond donors (Lipinski definition) is 1. The van der Waals surface area contributed by atoms with Gasteiger partial charge in [-0.2, -0.15) is 0 Å². The van der Waals surface area contributed by atoms with Crippen LogP contribution < -0.4 is 0 Å². The maximum absolute atomic E-state index is 11.8. The number of nitrogens with zero attached hydrogens (tertiary/aromatic N) is 2. The summed E-state index contributed by atoms with van der Waals surface area (Å²) in [6.45, 7) is 0. The van der Waals surface area contributed by atoms with E-state index >= 15 is 0 Å². The van der Waals surface area contributed by atoms with Crippen LogP contribution in [0.15, 0.2) is 188 Å². The summed E-state index contributed by atoms with van der Waals surface area (Å²) in [5.74, 6) is -0.176. The second-order valence-corrected chi connectivity index (χ2v) is 12.8. The van der Waals surface area contributed by atoms with E-state index in [2.05, 4.69) is 168 Å². The molecule has 1 N–H and O–H groups in total. The van der Waals surface area contributed by atoms with Crippen LogP contribution in [0.5, 0.6) is 0 Å². The van der Waals surface area contributed by atoms with Crippen molar-refractivity contribution in [3.8, 4) is 17.1 Å². The SMILES string of the molecule is O=C(O)c1ccc(-n2c(-c3ccc(C(=C(c4ccccc4)c4ccccc4)c4ccccc4)cc3)nc3c4ccccc4c4ccccc4c32)cc1. The van der Waals surface area contributed by atoms with Crippen molar-refractivity contribution in [2.24, 2.45) is 0 Å². The molecule has 0 unspecified atom stereocenters. The fraction of sp³-hybridized carbons (Fsp3) is 0. The number of rotatable bonds is 7. The van der Waals surface area contributed by atoms with Gasteiger partial charge in [-0.25, -0.2) is 9.78 Å². The highest BCUT2D eigenvalue weighted by molar-refractivity contribution is 6.24. The van der Waals surface area contributed by atoms with Gasteiger partial charge in [0.05, 0.1) is 16.6 Å². The van der Waals surface area contributed by atoms with Crippen LogP contribution in [0.25, 0.3) is 60.8 Å². The number of carboxylic acids is 1. The van der Waals surface area contributed by atoms with Crippen LogP contribution in [0, 0.1) is 0 Å². The van der Waals surface area contributed by atoms with E-state index in [0.29, 0.717) is 0 Å². The summed E-state index contributed by atoms with van der Waals surface area (Å²) in [5.41, 5.74) is 10.7. The van der Waals surface area contributed by atoms with E-state index in [-0.39, 0.29) is 5.56 Å². The Morgan fingerprint density at radius 1 is 0.423 bits per heavy atom. The Bertz CT molecular complexity index is 2720. The molecule has 4 heteroatoms. The molecule has 246 valence electrons. The number of aromatic carboxylic acids is 1. The lowest BCUT2D eigenvalue weighted by Crippen LogP contribution is -2.01. The van der Waals surface area contributed by atoms with Crippen LogP contribution >= 0.6 is 0 Å². The van der Waals surface area contributed by atoms with Gasteiger partial charge in [0, 0.05) is 22.0 Å². The molecule has 0 saturated heterocycles. The summed E-state index contributed by atoms with van der Waals surface area (Å²) in [4.78, 5) is 17.2. The van der Waals surface area contributed by atoms with E-state index in [1.165, 1.54) is 0 Å². The molecule has 1 heterocycles. The zero-order valence-electron chi connectivity index (χ0n) is 28.1. The molecule has 0 aliphatic heterocycles. The van der Waals surface area contributed by atoms with Crippen LogP contribution in [0.1, 0.15) is 32.6 Å². The minimum atomic E-state index is -0.957. The molecular weight excluding hydrogens is 637 g/mol. The molecular formula is C48H32N2O2. The Morgan fingerprint density at radius 2 is 0.827 bits per heavy atom. The minimum Gasteiger partial charge on any atom is -0.478 e. The molecule has 4 nitrogen and oxygen atoms in total. The third kappa shape index (κ3) is 5.34. The summed E-state index contributed by atoms with van der Waals surface area (Å²) in [6.07, 6.45) is 0. The molecule has 0 aliphatic rings. The van der Waals surface area contributed by atoms with Crippen molar-refractivity contribution >= 4 is 49.7 Å². The van der Waals surface area contributed by atoms with Crippen molar-refractivity contribution in [3.05, 3.63) is 216 Å². The Balaban J connectivity index is 1.31. The summed E-state index contributed by atoms with van der Waals surface area (Å²) < 4.78 is 2.18. The monoisotopic (exact) mass is 668 g/mol. The van der Waals surface area contributed by atoms with Gasteiger partial charge in [0.25, 0.3) is 0 Å². The van der Waals surface area contributed by atoms with Gasteiger partial charge in [0.2, 0.25) is 0 Å². The fourth-order valence-electron chi connectivity index (χ4n) is 7.41. The number of imidazole rings is 1. The smallest absolute Gasteiger partial charge is 0.335 e. The second kappa shape index (κ2) is 13.0. The van der Waals surface area contributed by atoms with Gasteiger partial charge in [0.15, 0.2) is 0 Å². The Morgan fingerprint density at radius 3 is 1.33 bits per heavy atom. The van der Waals surface area contributed by atoms with Crippen molar-refractivity contribution < 1.29 is 9.90 Å². The van der Waals surface area contributed by atoms with Crippen LogP contribution in [0.2, 0.25) is 0 Å². The number of fused-ring (bicyclic) bond motifs is 6. The van der Waals surface area contributed by atoms with E-state index in [0.717, 1.165) is 83.1 Å². The van der Waals surface area contributed by atoms with Crippen LogP contribution in [-0.4, -0.2) is 20.6 Å². The van der Waals surface area contributed by atoms with E-state index in [4.69, 9.17) is 4.98 Å². The van der Waals surface area contributed by atoms with Crippen LogP contribution in [-0.2, 0) is 0 Å². The maximum atomic E-state index is 11.8. The molecule has 0 fully saturated rings. The summed E-state index contributed by atoms with van der Waals surface area (Å²) in [6, 6.07) is 64.3. The van der Waals surface area contributed by atoms with Crippen LogP contribution in [0.4, 0.5) is 0 Å². The number of hydrogen-bond acceptors (Lipinski definition) is 2. The van der Waals surface area contributed by atoms with E-state index < -0.39 is 5.97 Å². The average molecular weight is 669 g/mol. The largest absolute Gasteiger partial charge is 0.478 e. The summed E-state index contributed by atoms with van der Waals surface area (Å²) in [7, 11) is 0. The third-order valence-corrected chi connectivity index (χ3v) is 9.77. The fourth-order valence-corrected chi connectivity index (χ4v) is 7.41. The van der Waals surface area contributed by atoms with Gasteiger partial charge in [-0.3, -0.25) is 4.57 Å². The molecule has 0 atom stereocenters. The molecule has 9 aromatic rings. The lowest BCUT2D eigenvalue weighted by molar-refractivity contribution is 0.0697. The maximum Gasteiger partial charge on any atom is 0.335 e. The first-order valence-corrected chi connectivity index (χ1v) is 17.3. The highest BCUT2D eigenvalue weighted by atomic mass is 16.4. The first kappa shape index (κ1) is 31.0. The lowest BCUT2D eigenvalue weighted by Gasteiger charge is -2.18. The molecule has 9 rings (SSSR count). The normalized spacial score (nSPS) is 11.2. The van der Waals surface area contributed by atoms with Gasteiger partial charge in [-0.1, -0.05) is 164 Å². The first-order valence-electron chi connectivity index (χ1n) is 17.3. The van der Waals surface area contributed by atoms with E-state index in [1.54, 1.807) is 12.1 Å². The Kier molecular flexibility index (Phi) is 7.75. The Hall–Kier alpha value is -7.04. The topological polar surface area (TPSA) is 55.1 Å². The van der Waals surface area contributed by atoms with Gasteiger partial charge in [-0.05, 0) is 68.4 Å². The standard InChI is InChI=1S/C48H32N2O2/c51-48(52)37-28-30-38(31-29-37)50-46-42-23-13-11-21-40(42)39-20-10-12-22-41(39)45(46)49-47(50)36-26-24-35(25-27-36)44(34-18-8-3-9-19-34)43(32-14-4-1-5-15-32)33-16-6-2-7-17-33/h1-31H,(H,51,52). The number of carboxylic acid groups (broad SMARTS) is 1. The van der Waals surface area contributed by atoms with Crippen molar-refractivity contribution in [1.29, 1.82) is 0 Å². The van der Waals surface area contributed by atoms with Crippen molar-refractivity contribution in [2.75, 3.05) is 0 Å². The molecule has 8 aromatic carbocycles. The highest BCUT2D eigenvalue weighted by Crippen LogP contribution is 2.41. The molecule has 0 aliphatic carbocycles.